The molecule has 3 N–H and O–H groups in total. The number of carbonyl (C=O) groups excluding carboxylic acids is 1. The van der Waals surface area contributed by atoms with Gasteiger partial charge in [-0.25, -0.2) is 19.2 Å². The summed E-state index contributed by atoms with van der Waals surface area (Å²) in [4.78, 5) is 20.2. The van der Waals surface area contributed by atoms with E-state index in [-0.39, 0.29) is 30.1 Å². The molecular formula is C20H23F4N7O4. The molecule has 0 aromatic carbocycles. The average Bonchev–Trinajstić information content (AvgIpc) is 3.45. The van der Waals surface area contributed by atoms with Gasteiger partial charge in [0.25, 0.3) is 0 Å². The molecule has 1 aliphatic heterocycles. The van der Waals surface area contributed by atoms with E-state index in [2.05, 4.69) is 35.5 Å². The summed E-state index contributed by atoms with van der Waals surface area (Å²) in [5, 5.41) is 12.2. The Morgan fingerprint density at radius 3 is 2.83 bits per heavy atom. The van der Waals surface area contributed by atoms with Crippen LogP contribution in [0.4, 0.5) is 34.1 Å². The SMILES string of the molecule is Cc1cc2nc(COC(F)(F)F)cn2c(Nc2cc([C@H]3OC[C@@H](OC(=O)NC(C)C)[C@H]3F)[nH]n2)n1. The van der Waals surface area contributed by atoms with Crippen molar-refractivity contribution < 1.29 is 36.6 Å². The lowest BCUT2D eigenvalue weighted by molar-refractivity contribution is -0.330. The molecule has 0 spiro atoms. The van der Waals surface area contributed by atoms with Gasteiger partial charge < -0.3 is 20.1 Å². The number of amides is 1. The molecule has 15 heteroatoms. The lowest BCUT2D eigenvalue weighted by Crippen LogP contribution is -2.36. The number of halogens is 4. The zero-order valence-corrected chi connectivity index (χ0v) is 18.9. The second-order valence-corrected chi connectivity index (χ2v) is 8.19. The number of aromatic nitrogens is 5. The molecule has 0 unspecified atom stereocenters. The van der Waals surface area contributed by atoms with Crippen LogP contribution in [0, 0.1) is 6.92 Å². The van der Waals surface area contributed by atoms with Gasteiger partial charge in [-0.1, -0.05) is 0 Å². The molecule has 0 saturated carbocycles. The van der Waals surface area contributed by atoms with E-state index in [0.717, 1.165) is 0 Å². The molecule has 190 valence electrons. The summed E-state index contributed by atoms with van der Waals surface area (Å²) in [6, 6.07) is 2.92. The van der Waals surface area contributed by atoms with Crippen LogP contribution >= 0.6 is 0 Å². The summed E-state index contributed by atoms with van der Waals surface area (Å²) in [5.74, 6) is 0.471. The number of H-pyrrole nitrogens is 1. The van der Waals surface area contributed by atoms with Crippen LogP contribution in [0.1, 0.15) is 37.0 Å². The molecule has 3 atom stereocenters. The van der Waals surface area contributed by atoms with Gasteiger partial charge in [-0.05, 0) is 20.8 Å². The van der Waals surface area contributed by atoms with E-state index in [1.165, 1.54) is 16.7 Å². The quantitative estimate of drug-likeness (QED) is 0.420. The largest absolute Gasteiger partial charge is 0.522 e. The molecule has 0 radical (unpaired) electrons. The number of hydrogen-bond acceptors (Lipinski definition) is 8. The van der Waals surface area contributed by atoms with Crippen LogP contribution < -0.4 is 10.6 Å². The van der Waals surface area contributed by atoms with Gasteiger partial charge in [-0.3, -0.25) is 14.2 Å². The molecule has 1 fully saturated rings. The van der Waals surface area contributed by atoms with Crippen molar-refractivity contribution in [2.24, 2.45) is 0 Å². The van der Waals surface area contributed by atoms with Crippen molar-refractivity contribution >= 4 is 23.5 Å². The van der Waals surface area contributed by atoms with Crippen molar-refractivity contribution in [3.05, 3.63) is 35.4 Å². The number of rotatable bonds is 7. The number of hydrogen-bond donors (Lipinski definition) is 3. The van der Waals surface area contributed by atoms with Gasteiger partial charge in [0, 0.05) is 30.1 Å². The number of aromatic amines is 1. The van der Waals surface area contributed by atoms with Crippen LogP contribution in [0.15, 0.2) is 18.3 Å². The Kier molecular flexibility index (Phi) is 6.80. The highest BCUT2D eigenvalue weighted by atomic mass is 19.4. The molecular weight excluding hydrogens is 478 g/mol. The number of aryl methyl sites for hydroxylation is 1. The first-order chi connectivity index (χ1) is 16.5. The van der Waals surface area contributed by atoms with E-state index in [9.17, 15) is 22.4 Å². The third-order valence-corrected chi connectivity index (χ3v) is 4.91. The number of fused-ring (bicyclic) bond motifs is 1. The smallest absolute Gasteiger partial charge is 0.441 e. The van der Waals surface area contributed by atoms with Crippen LogP contribution in [0.2, 0.25) is 0 Å². The molecule has 3 aromatic heterocycles. The minimum absolute atomic E-state index is 0.0488. The predicted molar refractivity (Wildman–Crippen MR) is 113 cm³/mol. The second kappa shape index (κ2) is 9.65. The van der Waals surface area contributed by atoms with Crippen molar-refractivity contribution in [2.45, 2.75) is 58.2 Å². The van der Waals surface area contributed by atoms with E-state index in [0.29, 0.717) is 17.0 Å². The Labute approximate surface area is 196 Å². The van der Waals surface area contributed by atoms with Gasteiger partial charge in [0.05, 0.1) is 24.6 Å². The van der Waals surface area contributed by atoms with Crippen LogP contribution in [-0.2, 0) is 20.8 Å². The maximum absolute atomic E-state index is 14.9. The van der Waals surface area contributed by atoms with E-state index >= 15 is 0 Å². The minimum atomic E-state index is -4.78. The average molecular weight is 501 g/mol. The number of nitrogens with one attached hydrogen (secondary N) is 3. The van der Waals surface area contributed by atoms with Crippen molar-refractivity contribution in [1.82, 2.24) is 29.9 Å². The molecule has 0 bridgehead atoms. The van der Waals surface area contributed by atoms with Gasteiger partial charge >= 0.3 is 12.5 Å². The third-order valence-electron chi connectivity index (χ3n) is 4.91. The zero-order valence-electron chi connectivity index (χ0n) is 18.9. The van der Waals surface area contributed by atoms with Crippen molar-refractivity contribution in [2.75, 3.05) is 11.9 Å². The Bertz CT molecular complexity index is 1200. The predicted octanol–water partition coefficient (Wildman–Crippen LogP) is 3.45. The van der Waals surface area contributed by atoms with Crippen LogP contribution in [0.3, 0.4) is 0 Å². The lowest BCUT2D eigenvalue weighted by atomic mass is 10.1. The normalized spacial score (nSPS) is 20.5. The van der Waals surface area contributed by atoms with E-state index in [1.54, 1.807) is 26.8 Å². The molecule has 11 nitrogen and oxygen atoms in total. The number of carbonyl (C=O) groups is 1. The lowest BCUT2D eigenvalue weighted by Gasteiger charge is -2.16. The van der Waals surface area contributed by atoms with Crippen LogP contribution in [-0.4, -0.2) is 61.9 Å². The number of ether oxygens (including phenoxy) is 3. The van der Waals surface area contributed by atoms with Gasteiger partial charge in [-0.15, -0.1) is 13.2 Å². The number of alkyl carbamates (subject to hydrolysis) is 1. The Hall–Kier alpha value is -3.46. The fourth-order valence-corrected chi connectivity index (χ4v) is 3.48. The number of nitrogens with zero attached hydrogens (tertiary/aromatic N) is 4. The fraction of sp³-hybridized carbons (Fsp3) is 0.500. The van der Waals surface area contributed by atoms with E-state index < -0.39 is 37.4 Å². The Morgan fingerprint density at radius 1 is 1.34 bits per heavy atom. The van der Waals surface area contributed by atoms with Crippen LogP contribution in [0.5, 0.6) is 0 Å². The third kappa shape index (κ3) is 5.97. The zero-order chi connectivity index (χ0) is 25.3. The summed E-state index contributed by atoms with van der Waals surface area (Å²) in [6.07, 6.45) is -7.92. The van der Waals surface area contributed by atoms with Gasteiger partial charge in [0.2, 0.25) is 5.95 Å². The summed E-state index contributed by atoms with van der Waals surface area (Å²) in [5.41, 5.74) is 1.24. The number of alkyl halides is 4. The molecule has 4 heterocycles. The molecule has 1 amide bonds. The summed E-state index contributed by atoms with van der Waals surface area (Å²) < 4.78 is 67.8. The number of imidazole rings is 1. The molecule has 0 aliphatic carbocycles. The Balaban J connectivity index is 1.46. The molecule has 1 aliphatic rings. The maximum atomic E-state index is 14.9. The van der Waals surface area contributed by atoms with Gasteiger partial charge in [0.15, 0.2) is 18.1 Å². The second-order valence-electron chi connectivity index (χ2n) is 8.19. The highest BCUT2D eigenvalue weighted by Gasteiger charge is 2.42. The summed E-state index contributed by atoms with van der Waals surface area (Å²) in [6.45, 7) is 4.30. The Morgan fingerprint density at radius 2 is 2.11 bits per heavy atom. The first-order valence-electron chi connectivity index (χ1n) is 10.6. The van der Waals surface area contributed by atoms with Crippen molar-refractivity contribution in [3.63, 3.8) is 0 Å². The van der Waals surface area contributed by atoms with Gasteiger partial charge in [0.1, 0.15) is 11.8 Å². The van der Waals surface area contributed by atoms with Crippen LogP contribution in [0.25, 0.3) is 5.65 Å². The molecule has 1 saturated heterocycles. The summed E-state index contributed by atoms with van der Waals surface area (Å²) >= 11 is 0. The molecule has 4 rings (SSSR count). The maximum Gasteiger partial charge on any atom is 0.522 e. The first kappa shape index (κ1) is 24.7. The van der Waals surface area contributed by atoms with E-state index in [4.69, 9.17) is 9.47 Å². The fourth-order valence-electron chi connectivity index (χ4n) is 3.48. The topological polar surface area (TPSA) is 128 Å². The highest BCUT2D eigenvalue weighted by Crippen LogP contribution is 2.33. The molecule has 3 aromatic rings. The monoisotopic (exact) mass is 501 g/mol. The van der Waals surface area contributed by atoms with Gasteiger partial charge in [-0.2, -0.15) is 5.10 Å². The van der Waals surface area contributed by atoms with Crippen molar-refractivity contribution in [1.29, 1.82) is 0 Å². The minimum Gasteiger partial charge on any atom is -0.441 e. The standard InChI is InChI=1S/C20H23F4N7O4/c1-9(2)25-19(32)35-13-8-33-17(16(13)21)12-5-14(30-29-12)28-18-26-10(3)4-15-27-11(6-31(15)18)7-34-20(22,23)24/h4-6,9,13,16-17H,7-8H2,1-3H3,(H,25,32)(H2,26,28,29,30)/t13-,16-,17-/m1/s1. The highest BCUT2D eigenvalue weighted by molar-refractivity contribution is 5.67. The summed E-state index contributed by atoms with van der Waals surface area (Å²) in [7, 11) is 0. The molecule has 35 heavy (non-hydrogen) atoms. The first-order valence-corrected chi connectivity index (χ1v) is 10.6. The van der Waals surface area contributed by atoms with Crippen molar-refractivity contribution in [3.8, 4) is 0 Å². The van der Waals surface area contributed by atoms with E-state index in [1.807, 2.05) is 0 Å². The number of anilines is 2.